The molecule has 2 heterocycles. The maximum Gasteiger partial charge on any atom is 3.00 e. The monoisotopic (exact) mass is 3220 g/mol. The van der Waals surface area contributed by atoms with Crippen LogP contribution >= 0.6 is 61.1 Å². The van der Waals surface area contributed by atoms with Crippen LogP contribution in [0.1, 0.15) is 138 Å². The van der Waals surface area contributed by atoms with Crippen LogP contribution < -0.4 is 54.0 Å². The van der Waals surface area contributed by atoms with Crippen molar-refractivity contribution in [2.75, 3.05) is 194 Å². The minimum Gasteiger partial charge on any atom is -0.457 e. The summed E-state index contributed by atoms with van der Waals surface area (Å²) in [5, 5.41) is 112. The maximum atomic E-state index is 12.1. The third-order valence-corrected chi connectivity index (χ3v) is 23.2. The number of amides is 8. The molecule has 2 unspecified atom stereocenters. The Kier molecular flexibility index (Phi) is 124. The van der Waals surface area contributed by atoms with Crippen molar-refractivity contribution in [3.05, 3.63) is 0 Å². The third-order valence-electron chi connectivity index (χ3n) is 18.0. The molecule has 2 rings (SSSR count). The van der Waals surface area contributed by atoms with Crippen molar-refractivity contribution in [3.8, 4) is 0 Å². The van der Waals surface area contributed by atoms with E-state index < -0.39 is 189 Å². The number of hydrogen-bond donors (Lipinski definition) is 20. The van der Waals surface area contributed by atoms with E-state index in [1.807, 2.05) is 13.8 Å². The van der Waals surface area contributed by atoms with Gasteiger partial charge in [-0.05, 0) is 53.4 Å². The number of likely N-dealkylation sites (N-methyl/N-ethyl adjacent to an activating group) is 2. The Bertz CT molecular complexity index is 3490. The molecular formula is C81H143Cl3Gd2N16O37S4W4+4. The van der Waals surface area contributed by atoms with Gasteiger partial charge in [-0.2, -0.15) is 0 Å². The molecule has 0 aliphatic carbocycles. The first-order valence-electron chi connectivity index (χ1n) is 43.1. The van der Waals surface area contributed by atoms with Gasteiger partial charge in [0.05, 0.1) is 90.7 Å². The molecule has 1 radical (unpaired) electrons. The van der Waals surface area contributed by atoms with Crippen molar-refractivity contribution < 1.29 is 334 Å². The second-order valence-corrected chi connectivity index (χ2v) is 45.1. The van der Waals surface area contributed by atoms with Gasteiger partial charge in [-0.3, -0.25) is 135 Å². The third kappa shape index (κ3) is 111. The Morgan fingerprint density at radius 2 is 0.667 bits per heavy atom. The van der Waals surface area contributed by atoms with E-state index in [1.54, 1.807) is 43.2 Å². The number of nitrogens with two attached hydrogens (primary N) is 2. The summed E-state index contributed by atoms with van der Waals surface area (Å²) in [6.45, 7) is 2.71. The predicted molar refractivity (Wildman–Crippen MR) is 522 cm³/mol. The molecule has 66 heteroatoms. The van der Waals surface area contributed by atoms with Crippen molar-refractivity contribution in [1.29, 1.82) is 0 Å². The van der Waals surface area contributed by atoms with Crippen molar-refractivity contribution >= 4 is 204 Å². The molecule has 0 bridgehead atoms. The summed E-state index contributed by atoms with van der Waals surface area (Å²) in [5.41, 5.74) is 10.4. The second-order valence-electron chi connectivity index (χ2n) is 30.1. The maximum absolute atomic E-state index is 12.1. The van der Waals surface area contributed by atoms with E-state index >= 15 is 0 Å². The first-order chi connectivity index (χ1) is 65.8. The van der Waals surface area contributed by atoms with E-state index in [-0.39, 0.29) is 313 Å². The number of carboxylic acid groups (broad SMARTS) is 10. The molecule has 2 saturated heterocycles. The first kappa shape index (κ1) is 168. The second kappa shape index (κ2) is 109. The first-order valence-corrected chi connectivity index (χ1v) is 56.6. The number of ether oxygens (including phenoxy) is 2. The summed E-state index contributed by atoms with van der Waals surface area (Å²) in [4.78, 5) is 277. The van der Waals surface area contributed by atoms with Crippen LogP contribution in [0.3, 0.4) is 0 Å². The van der Waals surface area contributed by atoms with Gasteiger partial charge >= 0.3 is 147 Å². The van der Waals surface area contributed by atoms with Crippen LogP contribution in [0.5, 0.6) is 0 Å². The van der Waals surface area contributed by atoms with Crippen LogP contribution in [0.25, 0.3) is 0 Å². The van der Waals surface area contributed by atoms with Gasteiger partial charge in [-0.15, -0.1) is 0 Å². The molecule has 0 aromatic rings. The van der Waals surface area contributed by atoms with Gasteiger partial charge in [0.2, 0.25) is 48.3 Å². The average molecular weight is 3220 g/mol. The number of ketones is 6. The van der Waals surface area contributed by atoms with Gasteiger partial charge in [0.1, 0.15) is 35.2 Å². The smallest absolute Gasteiger partial charge is 0.457 e. The van der Waals surface area contributed by atoms with E-state index in [4.69, 9.17) is 79.7 Å². The fraction of sp³-hybridized carbons (Fsp3) is 0.704. The predicted octanol–water partition coefficient (Wildman–Crippen LogP) is -3.51. The minimum absolute atomic E-state index is 0. The largest absolute Gasteiger partial charge is 3.00 e. The molecule has 2 fully saturated rings. The van der Waals surface area contributed by atoms with E-state index in [2.05, 4.69) is 42.5 Å². The molecule has 8 amide bonds. The zero-order chi connectivity index (χ0) is 108. The molecule has 25 N–H and O–H groups in total. The molecule has 0 spiro atoms. The van der Waals surface area contributed by atoms with E-state index in [1.165, 1.54) is 37.7 Å². The van der Waals surface area contributed by atoms with E-state index in [0.29, 0.717) is 102 Å². The van der Waals surface area contributed by atoms with Gasteiger partial charge in [-0.1, -0.05) is 50.6 Å². The molecule has 6 atom stereocenters. The fourth-order valence-corrected chi connectivity index (χ4v) is 16.2. The number of hydrogen-bond acceptors (Lipinski definition) is 38. The topological polar surface area (TPSA) is 831 Å². The Morgan fingerprint density at radius 1 is 0.415 bits per heavy atom. The molecule has 2 aliphatic heterocycles. The zero-order valence-corrected chi connectivity index (χ0v) is 103. The number of aliphatic carboxylic acids is 10. The van der Waals surface area contributed by atoms with Crippen LogP contribution in [-0.4, -0.2) is 454 Å². The number of Topliss-reactive ketones (excluding diaryl/α,β-unsaturated/α-hetero) is 6. The Balaban J connectivity index is -0.000000153. The summed E-state index contributed by atoms with van der Waals surface area (Å²) in [5.74, 6) is 2.18. The number of carbonyl (C=O) groups is 24. The summed E-state index contributed by atoms with van der Waals surface area (Å²) < 4.78 is 10.2. The summed E-state index contributed by atoms with van der Waals surface area (Å²) in [7, 11) is 9.00. The molecule has 850 valence electrons. The zero-order valence-electron chi connectivity index (χ0n) is 81.3. The molecule has 53 nitrogen and oxygen atoms in total. The normalized spacial score (nSPS) is 14.6. The number of carboxylic acids is 10. The van der Waals surface area contributed by atoms with Crippen LogP contribution in [0.4, 0.5) is 0 Å². The van der Waals surface area contributed by atoms with Crippen LogP contribution in [0.2, 0.25) is 0 Å². The van der Waals surface area contributed by atoms with Gasteiger partial charge in [0.15, 0.2) is 11.6 Å². The van der Waals surface area contributed by atoms with Gasteiger partial charge in [-0.25, -0.2) is 0 Å². The van der Waals surface area contributed by atoms with Crippen molar-refractivity contribution in [1.82, 2.24) is 71.9 Å². The summed E-state index contributed by atoms with van der Waals surface area (Å²) >= 11 is -1.98. The fourth-order valence-electron chi connectivity index (χ4n) is 11.2. The molecule has 2 aliphatic rings. The Hall–Kier alpha value is -4.29. The van der Waals surface area contributed by atoms with E-state index in [9.17, 15) is 125 Å². The number of nitrogens with one attached hydrogen (secondary N) is 8. The Labute approximate surface area is 979 Å². The summed E-state index contributed by atoms with van der Waals surface area (Å²) in [6.07, 6.45) is 4.56. The molecule has 0 aromatic heterocycles. The number of carbonyl (C=O) groups excluding carboxylic acids is 14. The molecular weight excluding hydrogens is 3070 g/mol. The number of rotatable bonds is 64. The Morgan fingerprint density at radius 3 is 0.884 bits per heavy atom. The molecule has 0 saturated carbocycles. The summed E-state index contributed by atoms with van der Waals surface area (Å²) in [6, 6.07) is -3.45. The molecule has 147 heavy (non-hydrogen) atoms. The minimum atomic E-state index is -1.98. The SMILES string of the molecule is C.CC(=O)CCC(=O)CCCOCCN.CC(=O)CCC(=O)CCCOCCN.CNC(=O)CNC(=O)CC[C@@H](C(=O)O)N(CCN(CC(=O)O)CC(=O)O)CCN(CC(=O)O)CC(=O)O.CNC(=O)CNC(=O)CC[C@@H](C(=O)O)N(CCN(CC(=O)O)CC(=O)O)CCN(CC(=O)O)CC(=O)O.C[C@@H]1CSSCC(NC=O)C(=O)CCC(=O)N1.C[C@@H]1CSSCC(NC=O)C(=O)CCC(=O)N1.[Cl][Gd]([Cl])[Cl].[Gd+3].[OH3+].[W].[W].[W].[W]. The van der Waals surface area contributed by atoms with Gasteiger partial charge < -0.3 is 130 Å². The average Bonchev–Trinajstić information content (AvgIpc) is 1.19. The standard InChI is InChI=1S/2C20H33N5O12.2C10H16N2O3S2.2C10H19NO3.CH4.3ClH.2Gd.H2O.4W/c2*1-21-15(27)8-22-14(26)3-2-13(20(36)37)25(6-4-23(9-16(28)29)10-17(30)31)7-5-24(11-18(32)33)12-19(34)35;2*1-7-4-16-17-5-8(11-6-13)9(14)2-3-10(15)12-7;2*1-9(12)4-5-10(13)3-2-7-14-8-6-11;;;;;;;;;;;/h2*13H,2-12H2,1H3,(H,21,27)(H,22,26)(H,28,29)(H,30,31)(H,32,33)(H,34,35)(H,36,37);2*6-8H,2-5H2,1H3,(H,11,13)(H,12,15);2*2-8,11H2,1H3;1H4;3*1H;;;1H2;;;;/q;;;;;;;;;;2*+3;;;;;/p-2/t2*13-;2*7-,8?;;;;;;;;;;;;;/m0011............./s1. The molecule has 0 aromatic carbocycles. The quantitative estimate of drug-likeness (QED) is 0.0122. The van der Waals surface area contributed by atoms with Crippen LogP contribution in [0, 0.1) is 69.1 Å². The van der Waals surface area contributed by atoms with E-state index in [0.717, 1.165) is 43.9 Å². The van der Waals surface area contributed by atoms with Crippen LogP contribution in [0.15, 0.2) is 0 Å². The van der Waals surface area contributed by atoms with Gasteiger partial charge in [0, 0.05) is 289 Å². The number of nitrogens with zero attached hydrogens (tertiary/aromatic N) is 6. The van der Waals surface area contributed by atoms with Crippen molar-refractivity contribution in [2.24, 2.45) is 11.5 Å². The van der Waals surface area contributed by atoms with Crippen molar-refractivity contribution in [2.45, 2.75) is 174 Å². The van der Waals surface area contributed by atoms with Gasteiger partial charge in [0.25, 0.3) is 0 Å². The van der Waals surface area contributed by atoms with Crippen molar-refractivity contribution in [3.63, 3.8) is 0 Å². The van der Waals surface area contributed by atoms with Crippen LogP contribution in [-0.2, 0) is 214 Å². The number of halogens is 3.